The van der Waals surface area contributed by atoms with Crippen molar-refractivity contribution in [1.82, 2.24) is 0 Å². The fourth-order valence-corrected chi connectivity index (χ4v) is 4.57. The smallest absolute Gasteiger partial charge is 0.336 e. The molecule has 0 amide bonds. The van der Waals surface area contributed by atoms with Crippen LogP contribution in [0.5, 0.6) is 0 Å². The molecule has 2 aliphatic rings. The maximum Gasteiger partial charge on any atom is 0.336 e. The summed E-state index contributed by atoms with van der Waals surface area (Å²) < 4.78 is 0. The summed E-state index contributed by atoms with van der Waals surface area (Å²) >= 11 is 0. The number of Topliss-reactive ketones (excluding diaryl/α,β-unsaturated/α-hetero) is 2. The molecule has 3 rings (SSSR count). The molecule has 32 heavy (non-hydrogen) atoms. The number of rotatable bonds is 5. The molecule has 0 bridgehead atoms. The van der Waals surface area contributed by atoms with Gasteiger partial charge < -0.3 is 5.11 Å². The molecule has 1 aromatic carbocycles. The molecule has 1 saturated carbocycles. The number of carbonyl (C=O) groups is 3. The minimum absolute atomic E-state index is 0.0103. The number of carboxylic acids is 1. The third kappa shape index (κ3) is 6.38. The molecule has 1 atom stereocenters. The van der Waals surface area contributed by atoms with Crippen molar-refractivity contribution in [3.8, 4) is 0 Å². The summed E-state index contributed by atoms with van der Waals surface area (Å²) in [6.07, 6.45) is 20.2. The zero-order chi connectivity index (χ0) is 22.9. The molecule has 2 aliphatic carbocycles. The SMILES string of the molecule is CC1C=CC=C(C(=O)c2ccc(C(=O)C3CCCCCCCCCC3)cc2C(=O)O)C=C1. The minimum Gasteiger partial charge on any atom is -0.478 e. The Morgan fingerprint density at radius 2 is 1.47 bits per heavy atom. The van der Waals surface area contributed by atoms with Crippen molar-refractivity contribution in [1.29, 1.82) is 0 Å². The Balaban J connectivity index is 1.84. The number of benzene rings is 1. The Morgan fingerprint density at radius 1 is 0.844 bits per heavy atom. The van der Waals surface area contributed by atoms with Crippen LogP contribution in [0.2, 0.25) is 0 Å². The Kier molecular flexibility index (Phi) is 8.78. The van der Waals surface area contributed by atoms with Crippen molar-refractivity contribution in [2.45, 2.75) is 71.1 Å². The number of hydrogen-bond acceptors (Lipinski definition) is 3. The van der Waals surface area contributed by atoms with Gasteiger partial charge in [0.2, 0.25) is 0 Å². The molecule has 0 heterocycles. The van der Waals surface area contributed by atoms with Gasteiger partial charge in [-0.25, -0.2) is 4.79 Å². The molecule has 1 unspecified atom stereocenters. The van der Waals surface area contributed by atoms with Crippen molar-refractivity contribution in [2.75, 3.05) is 0 Å². The van der Waals surface area contributed by atoms with Gasteiger partial charge in [-0.1, -0.05) is 94.7 Å². The van der Waals surface area contributed by atoms with Crippen molar-refractivity contribution >= 4 is 17.5 Å². The highest BCUT2D eigenvalue weighted by Gasteiger charge is 2.24. The lowest BCUT2D eigenvalue weighted by Gasteiger charge is -2.16. The summed E-state index contributed by atoms with van der Waals surface area (Å²) in [6, 6.07) is 4.55. The number of hydrogen-bond donors (Lipinski definition) is 1. The quantitative estimate of drug-likeness (QED) is 0.508. The molecule has 0 aromatic heterocycles. The number of carbonyl (C=O) groups excluding carboxylic acids is 2. The Morgan fingerprint density at radius 3 is 2.09 bits per heavy atom. The van der Waals surface area contributed by atoms with Gasteiger partial charge in [0.05, 0.1) is 5.56 Å². The van der Waals surface area contributed by atoms with Crippen molar-refractivity contribution < 1.29 is 19.5 Å². The molecule has 1 N–H and O–H groups in total. The zero-order valence-electron chi connectivity index (χ0n) is 19.0. The normalized spacial score (nSPS) is 20.7. The molecule has 1 fully saturated rings. The molecular formula is C28H34O4. The van der Waals surface area contributed by atoms with E-state index in [0.29, 0.717) is 11.1 Å². The second-order valence-electron chi connectivity index (χ2n) is 9.09. The van der Waals surface area contributed by atoms with Crippen LogP contribution in [0.3, 0.4) is 0 Å². The van der Waals surface area contributed by atoms with E-state index in [1.54, 1.807) is 18.2 Å². The third-order valence-electron chi connectivity index (χ3n) is 6.54. The van der Waals surface area contributed by atoms with E-state index in [0.717, 1.165) is 38.5 Å². The zero-order valence-corrected chi connectivity index (χ0v) is 19.0. The highest BCUT2D eigenvalue weighted by atomic mass is 16.4. The maximum atomic E-state index is 13.3. The number of carboxylic acid groups (broad SMARTS) is 1. The van der Waals surface area contributed by atoms with Gasteiger partial charge in [0.1, 0.15) is 0 Å². The lowest BCUT2D eigenvalue weighted by Crippen LogP contribution is -2.17. The first-order valence-electron chi connectivity index (χ1n) is 12.0. The van der Waals surface area contributed by atoms with Crippen LogP contribution >= 0.6 is 0 Å². The van der Waals surface area contributed by atoms with Crippen LogP contribution in [-0.2, 0) is 0 Å². The highest BCUT2D eigenvalue weighted by molar-refractivity contribution is 6.16. The van der Waals surface area contributed by atoms with E-state index in [9.17, 15) is 19.5 Å². The molecule has 1 aromatic rings. The summed E-state index contributed by atoms with van der Waals surface area (Å²) in [5.41, 5.74) is 0.858. The van der Waals surface area contributed by atoms with E-state index in [1.807, 2.05) is 25.2 Å². The van der Waals surface area contributed by atoms with Crippen molar-refractivity contribution in [3.05, 3.63) is 70.8 Å². The summed E-state index contributed by atoms with van der Waals surface area (Å²) in [5, 5.41) is 9.79. The van der Waals surface area contributed by atoms with E-state index < -0.39 is 5.97 Å². The first-order valence-corrected chi connectivity index (χ1v) is 12.0. The van der Waals surface area contributed by atoms with Gasteiger partial charge in [0.15, 0.2) is 11.6 Å². The van der Waals surface area contributed by atoms with Gasteiger partial charge in [-0.2, -0.15) is 0 Å². The second-order valence-corrected chi connectivity index (χ2v) is 9.09. The average molecular weight is 435 g/mol. The lowest BCUT2D eigenvalue weighted by molar-refractivity contribution is 0.0692. The van der Waals surface area contributed by atoms with Gasteiger partial charge >= 0.3 is 5.97 Å². The van der Waals surface area contributed by atoms with E-state index in [-0.39, 0.29) is 34.5 Å². The maximum absolute atomic E-state index is 13.3. The third-order valence-corrected chi connectivity index (χ3v) is 6.54. The first-order chi connectivity index (χ1) is 15.5. The topological polar surface area (TPSA) is 71.4 Å². The van der Waals surface area contributed by atoms with Crippen LogP contribution in [0.15, 0.2) is 54.2 Å². The standard InChI is InChI=1S/C28H34O4/c1-20-11-10-14-22(16-15-20)27(30)24-18-17-23(19-25(24)28(31)32)26(29)21-12-8-6-4-2-3-5-7-9-13-21/h10-11,14-21H,2-9,12-13H2,1H3,(H,31,32). The highest BCUT2D eigenvalue weighted by Crippen LogP contribution is 2.26. The summed E-state index contributed by atoms with van der Waals surface area (Å²) in [5.74, 6) is -1.39. The summed E-state index contributed by atoms with van der Waals surface area (Å²) in [4.78, 5) is 38.3. The molecule has 0 spiro atoms. The largest absolute Gasteiger partial charge is 0.478 e. The second kappa shape index (κ2) is 11.8. The Bertz CT molecular complexity index is 923. The van der Waals surface area contributed by atoms with E-state index in [2.05, 4.69) is 0 Å². The van der Waals surface area contributed by atoms with Gasteiger partial charge in [0, 0.05) is 22.6 Å². The molecule has 4 heteroatoms. The van der Waals surface area contributed by atoms with Gasteiger partial charge in [0.25, 0.3) is 0 Å². The Labute approximate surface area is 191 Å². The molecule has 4 nitrogen and oxygen atoms in total. The fraction of sp³-hybridized carbons (Fsp3) is 0.464. The molecule has 0 radical (unpaired) electrons. The molecular weight excluding hydrogens is 400 g/mol. The predicted octanol–water partition coefficient (Wildman–Crippen LogP) is 6.97. The molecule has 0 aliphatic heterocycles. The average Bonchev–Trinajstić information content (AvgIpc) is 3.04. The van der Waals surface area contributed by atoms with E-state index in [1.165, 1.54) is 37.8 Å². The van der Waals surface area contributed by atoms with Crippen LogP contribution in [0.25, 0.3) is 0 Å². The Hall–Kier alpha value is -2.75. The summed E-state index contributed by atoms with van der Waals surface area (Å²) in [7, 11) is 0. The van der Waals surface area contributed by atoms with Gasteiger partial charge in [-0.05, 0) is 30.9 Å². The number of ketones is 2. The van der Waals surface area contributed by atoms with E-state index >= 15 is 0 Å². The van der Waals surface area contributed by atoms with Crippen LogP contribution in [0.1, 0.15) is 102 Å². The van der Waals surface area contributed by atoms with Crippen LogP contribution in [-0.4, -0.2) is 22.6 Å². The predicted molar refractivity (Wildman–Crippen MR) is 127 cm³/mol. The van der Waals surface area contributed by atoms with Gasteiger partial charge in [-0.15, -0.1) is 0 Å². The van der Waals surface area contributed by atoms with Crippen LogP contribution < -0.4 is 0 Å². The van der Waals surface area contributed by atoms with Crippen LogP contribution in [0, 0.1) is 11.8 Å². The lowest BCUT2D eigenvalue weighted by atomic mass is 9.86. The first kappa shape index (κ1) is 23.9. The minimum atomic E-state index is -1.19. The molecule has 0 saturated heterocycles. The van der Waals surface area contributed by atoms with Crippen molar-refractivity contribution in [2.24, 2.45) is 11.8 Å². The van der Waals surface area contributed by atoms with Gasteiger partial charge in [-0.3, -0.25) is 9.59 Å². The van der Waals surface area contributed by atoms with Crippen LogP contribution in [0.4, 0.5) is 0 Å². The summed E-state index contributed by atoms with van der Waals surface area (Å²) in [6.45, 7) is 2.01. The molecule has 170 valence electrons. The van der Waals surface area contributed by atoms with Crippen molar-refractivity contribution in [3.63, 3.8) is 0 Å². The monoisotopic (exact) mass is 434 g/mol. The fourth-order valence-electron chi connectivity index (χ4n) is 4.57. The van der Waals surface area contributed by atoms with E-state index in [4.69, 9.17) is 0 Å². The number of allylic oxidation sites excluding steroid dienone is 6. The number of aromatic carboxylic acids is 1.